The zero-order valence-electron chi connectivity index (χ0n) is 16.2. The van der Waals surface area contributed by atoms with E-state index in [0.717, 1.165) is 36.5 Å². The molecular formula is C21H23F2N3O3. The summed E-state index contributed by atoms with van der Waals surface area (Å²) in [4.78, 5) is 28.0. The van der Waals surface area contributed by atoms with E-state index in [9.17, 15) is 18.4 Å². The third-order valence-electron chi connectivity index (χ3n) is 4.68. The summed E-state index contributed by atoms with van der Waals surface area (Å²) in [5.41, 5.74) is 1.90. The Morgan fingerprint density at radius 1 is 1.07 bits per heavy atom. The number of hydrogen-bond donors (Lipinski definition) is 1. The lowest BCUT2D eigenvalue weighted by molar-refractivity contribution is -0.129. The summed E-state index contributed by atoms with van der Waals surface area (Å²) in [7, 11) is 1.63. The highest BCUT2D eigenvalue weighted by Gasteiger charge is 2.15. The number of morpholine rings is 1. The Hall–Kier alpha value is -3.00. The minimum atomic E-state index is -0.848. The number of rotatable bonds is 6. The van der Waals surface area contributed by atoms with Gasteiger partial charge in [0.15, 0.2) is 0 Å². The highest BCUT2D eigenvalue weighted by Crippen LogP contribution is 2.17. The molecule has 154 valence electrons. The number of hydrogen-bond acceptors (Lipinski definition) is 4. The van der Waals surface area contributed by atoms with Crippen molar-refractivity contribution in [1.82, 2.24) is 10.2 Å². The smallest absolute Gasteiger partial charge is 0.251 e. The third-order valence-corrected chi connectivity index (χ3v) is 4.68. The van der Waals surface area contributed by atoms with Crippen LogP contribution in [-0.4, -0.2) is 56.6 Å². The minimum Gasteiger partial charge on any atom is -0.378 e. The van der Waals surface area contributed by atoms with Gasteiger partial charge in [-0.1, -0.05) is 12.1 Å². The summed E-state index contributed by atoms with van der Waals surface area (Å²) in [6.45, 7) is 3.26. The molecule has 1 aliphatic rings. The van der Waals surface area contributed by atoms with Gasteiger partial charge in [-0.15, -0.1) is 0 Å². The number of likely N-dealkylation sites (N-methyl/N-ethyl adjacent to an activating group) is 1. The first kappa shape index (κ1) is 20.7. The number of nitrogens with zero attached hydrogens (tertiary/aromatic N) is 2. The van der Waals surface area contributed by atoms with Gasteiger partial charge in [-0.2, -0.15) is 0 Å². The molecule has 1 heterocycles. The monoisotopic (exact) mass is 403 g/mol. The van der Waals surface area contributed by atoms with Gasteiger partial charge in [0.1, 0.15) is 11.6 Å². The maximum atomic E-state index is 13.2. The molecular weight excluding hydrogens is 380 g/mol. The van der Waals surface area contributed by atoms with Crippen molar-refractivity contribution in [3.8, 4) is 0 Å². The van der Waals surface area contributed by atoms with Gasteiger partial charge >= 0.3 is 0 Å². The zero-order chi connectivity index (χ0) is 20.8. The molecule has 1 aliphatic heterocycles. The highest BCUT2D eigenvalue weighted by atomic mass is 19.1. The second-order valence-corrected chi connectivity index (χ2v) is 6.86. The van der Waals surface area contributed by atoms with Crippen LogP contribution in [0.15, 0.2) is 42.5 Å². The number of carbonyl (C=O) groups excluding carboxylic acids is 2. The first-order valence-corrected chi connectivity index (χ1v) is 9.32. The normalized spacial score (nSPS) is 13.8. The summed E-state index contributed by atoms with van der Waals surface area (Å²) < 4.78 is 31.8. The molecule has 2 aromatic carbocycles. The van der Waals surface area contributed by atoms with E-state index < -0.39 is 17.5 Å². The van der Waals surface area contributed by atoms with E-state index in [1.165, 1.54) is 4.90 Å². The molecule has 2 amide bonds. The quantitative estimate of drug-likeness (QED) is 0.803. The number of ether oxygens (including phenoxy) is 1. The van der Waals surface area contributed by atoms with E-state index in [4.69, 9.17) is 4.74 Å². The average Bonchev–Trinajstić information content (AvgIpc) is 2.72. The van der Waals surface area contributed by atoms with Gasteiger partial charge in [-0.25, -0.2) is 8.78 Å². The van der Waals surface area contributed by atoms with Gasteiger partial charge in [0.2, 0.25) is 5.91 Å². The topological polar surface area (TPSA) is 61.9 Å². The largest absolute Gasteiger partial charge is 0.378 e. The van der Waals surface area contributed by atoms with Crippen LogP contribution in [-0.2, 0) is 16.1 Å². The van der Waals surface area contributed by atoms with E-state index in [-0.39, 0.29) is 18.0 Å². The Bertz CT molecular complexity index is 848. The summed E-state index contributed by atoms with van der Waals surface area (Å²) in [6, 6.07) is 10.5. The molecule has 0 radical (unpaired) electrons. The summed E-state index contributed by atoms with van der Waals surface area (Å²) in [5, 5.41) is 2.39. The molecule has 0 saturated carbocycles. The zero-order valence-corrected chi connectivity index (χ0v) is 16.2. The van der Waals surface area contributed by atoms with Crippen molar-refractivity contribution < 1.29 is 23.1 Å². The maximum Gasteiger partial charge on any atom is 0.251 e. The fourth-order valence-corrected chi connectivity index (χ4v) is 3.07. The minimum absolute atomic E-state index is 0.170. The van der Waals surface area contributed by atoms with Crippen LogP contribution in [0, 0.1) is 11.6 Å². The molecule has 1 saturated heterocycles. The molecule has 1 N–H and O–H groups in total. The average molecular weight is 403 g/mol. The van der Waals surface area contributed by atoms with Crippen molar-refractivity contribution >= 4 is 17.5 Å². The number of anilines is 1. The highest BCUT2D eigenvalue weighted by molar-refractivity contribution is 5.96. The van der Waals surface area contributed by atoms with Crippen LogP contribution < -0.4 is 10.2 Å². The Balaban J connectivity index is 1.50. The number of nitrogens with one attached hydrogen (secondary N) is 1. The number of amides is 2. The molecule has 0 aromatic heterocycles. The first-order valence-electron chi connectivity index (χ1n) is 9.32. The third kappa shape index (κ3) is 5.74. The predicted molar refractivity (Wildman–Crippen MR) is 105 cm³/mol. The standard InChI is InChI=1S/C21H23F2N3O3/c1-25(14-15-2-4-19(5-3-15)26-6-8-29-9-7-26)20(27)13-24-21(28)16-10-17(22)12-18(23)11-16/h2-5,10-12H,6-9,13-14H2,1H3,(H,24,28). The van der Waals surface area contributed by atoms with Crippen LogP contribution in [0.25, 0.3) is 0 Å². The van der Waals surface area contributed by atoms with Crippen molar-refractivity contribution in [2.75, 3.05) is 44.8 Å². The summed E-state index contributed by atoms with van der Waals surface area (Å²) in [5.74, 6) is -2.72. The summed E-state index contributed by atoms with van der Waals surface area (Å²) in [6.07, 6.45) is 0. The Labute approximate surface area is 168 Å². The van der Waals surface area contributed by atoms with E-state index >= 15 is 0 Å². The fourth-order valence-electron chi connectivity index (χ4n) is 3.07. The lowest BCUT2D eigenvalue weighted by atomic mass is 10.1. The SMILES string of the molecule is CN(Cc1ccc(N2CCOCC2)cc1)C(=O)CNC(=O)c1cc(F)cc(F)c1. The van der Waals surface area contributed by atoms with E-state index in [2.05, 4.69) is 10.2 Å². The second kappa shape index (κ2) is 9.47. The van der Waals surface area contributed by atoms with Crippen LogP contribution in [0.5, 0.6) is 0 Å². The molecule has 3 rings (SSSR count). The molecule has 0 atom stereocenters. The van der Waals surface area contributed by atoms with Gasteiger partial charge < -0.3 is 19.9 Å². The van der Waals surface area contributed by atoms with Gasteiger partial charge in [0.25, 0.3) is 5.91 Å². The molecule has 1 fully saturated rings. The molecule has 6 nitrogen and oxygen atoms in total. The van der Waals surface area contributed by atoms with Crippen LogP contribution >= 0.6 is 0 Å². The molecule has 8 heteroatoms. The fraction of sp³-hybridized carbons (Fsp3) is 0.333. The Morgan fingerprint density at radius 2 is 1.69 bits per heavy atom. The van der Waals surface area contributed by atoms with Gasteiger partial charge in [0, 0.05) is 44.0 Å². The molecule has 29 heavy (non-hydrogen) atoms. The van der Waals surface area contributed by atoms with Crippen molar-refractivity contribution in [3.05, 3.63) is 65.2 Å². The summed E-state index contributed by atoms with van der Waals surface area (Å²) >= 11 is 0. The molecule has 0 bridgehead atoms. The molecule has 2 aromatic rings. The maximum absolute atomic E-state index is 13.2. The molecule has 0 unspecified atom stereocenters. The van der Waals surface area contributed by atoms with E-state index in [0.29, 0.717) is 25.8 Å². The number of benzene rings is 2. The van der Waals surface area contributed by atoms with Crippen LogP contribution in [0.2, 0.25) is 0 Å². The number of halogens is 2. The van der Waals surface area contributed by atoms with Gasteiger partial charge in [0.05, 0.1) is 19.8 Å². The van der Waals surface area contributed by atoms with E-state index in [1.807, 2.05) is 24.3 Å². The van der Waals surface area contributed by atoms with Gasteiger partial charge in [-0.3, -0.25) is 9.59 Å². The number of carbonyl (C=O) groups is 2. The molecule has 0 aliphatic carbocycles. The first-order chi connectivity index (χ1) is 13.9. The van der Waals surface area contributed by atoms with Crippen molar-refractivity contribution in [2.45, 2.75) is 6.54 Å². The predicted octanol–water partition coefficient (Wildman–Crippen LogP) is 2.19. The van der Waals surface area contributed by atoms with Gasteiger partial charge in [-0.05, 0) is 29.8 Å². The van der Waals surface area contributed by atoms with Crippen LogP contribution in [0.4, 0.5) is 14.5 Å². The van der Waals surface area contributed by atoms with Crippen molar-refractivity contribution in [2.24, 2.45) is 0 Å². The van der Waals surface area contributed by atoms with Crippen molar-refractivity contribution in [3.63, 3.8) is 0 Å². The van der Waals surface area contributed by atoms with Crippen LogP contribution in [0.1, 0.15) is 15.9 Å². The van der Waals surface area contributed by atoms with E-state index in [1.54, 1.807) is 7.05 Å². The second-order valence-electron chi connectivity index (χ2n) is 6.86. The molecule has 0 spiro atoms. The Kier molecular flexibility index (Phi) is 6.77. The van der Waals surface area contributed by atoms with Crippen LogP contribution in [0.3, 0.4) is 0 Å². The Morgan fingerprint density at radius 3 is 2.31 bits per heavy atom. The lowest BCUT2D eigenvalue weighted by Gasteiger charge is -2.29. The van der Waals surface area contributed by atoms with Crippen molar-refractivity contribution in [1.29, 1.82) is 0 Å². The lowest BCUT2D eigenvalue weighted by Crippen LogP contribution is -2.38.